The van der Waals surface area contributed by atoms with Crippen LogP contribution in [0.2, 0.25) is 5.02 Å². The molecule has 1 N–H and O–H groups in total. The molecule has 2 aromatic rings. The summed E-state index contributed by atoms with van der Waals surface area (Å²) in [5, 5.41) is 4.38. The van der Waals surface area contributed by atoms with E-state index in [4.69, 9.17) is 11.6 Å². The van der Waals surface area contributed by atoms with E-state index in [0.717, 1.165) is 12.1 Å². The highest BCUT2D eigenvalue weighted by atomic mass is 35.5. The van der Waals surface area contributed by atoms with Crippen molar-refractivity contribution in [3.8, 4) is 0 Å². The van der Waals surface area contributed by atoms with E-state index in [9.17, 15) is 9.59 Å². The minimum atomic E-state index is -0.576. The molecule has 0 radical (unpaired) electrons. The van der Waals surface area contributed by atoms with E-state index in [1.54, 1.807) is 0 Å². The SMILES string of the molecule is CCC(C)n1ccc(Cn2cc(Cl)c(=O)[nH]c2=O)n1. The highest BCUT2D eigenvalue weighted by Crippen LogP contribution is 2.09. The number of aromatic amines is 1. The first-order chi connectivity index (χ1) is 9.01. The molecule has 0 aliphatic carbocycles. The first-order valence-corrected chi connectivity index (χ1v) is 6.42. The molecule has 7 heteroatoms. The average Bonchev–Trinajstić information content (AvgIpc) is 2.83. The van der Waals surface area contributed by atoms with Gasteiger partial charge in [0.1, 0.15) is 5.02 Å². The van der Waals surface area contributed by atoms with Crippen molar-refractivity contribution in [3.05, 3.63) is 50.0 Å². The fraction of sp³-hybridized carbons (Fsp3) is 0.417. The molecule has 2 aromatic heterocycles. The van der Waals surface area contributed by atoms with Crippen LogP contribution < -0.4 is 11.2 Å². The molecular weight excluding hydrogens is 268 g/mol. The Kier molecular flexibility index (Phi) is 3.90. The van der Waals surface area contributed by atoms with Gasteiger partial charge in [-0.15, -0.1) is 0 Å². The molecule has 0 spiro atoms. The van der Waals surface area contributed by atoms with Gasteiger partial charge in [-0.25, -0.2) is 4.79 Å². The van der Waals surface area contributed by atoms with Gasteiger partial charge < -0.3 is 0 Å². The van der Waals surface area contributed by atoms with E-state index in [0.29, 0.717) is 6.04 Å². The Morgan fingerprint density at radius 2 is 2.21 bits per heavy atom. The number of rotatable bonds is 4. The lowest BCUT2D eigenvalue weighted by molar-refractivity contribution is 0.471. The van der Waals surface area contributed by atoms with Gasteiger partial charge >= 0.3 is 5.69 Å². The molecule has 0 fully saturated rings. The molecule has 102 valence electrons. The second-order valence-corrected chi connectivity index (χ2v) is 4.82. The number of halogens is 1. The molecule has 19 heavy (non-hydrogen) atoms. The minimum absolute atomic E-state index is 0.0130. The van der Waals surface area contributed by atoms with Crippen LogP contribution >= 0.6 is 11.6 Å². The predicted octanol–water partition coefficient (Wildman–Crippen LogP) is 1.41. The van der Waals surface area contributed by atoms with Crippen molar-refractivity contribution in [3.63, 3.8) is 0 Å². The Morgan fingerprint density at radius 1 is 1.47 bits per heavy atom. The summed E-state index contributed by atoms with van der Waals surface area (Å²) in [6.45, 7) is 4.43. The van der Waals surface area contributed by atoms with E-state index in [1.165, 1.54) is 10.8 Å². The molecule has 2 rings (SSSR count). The molecule has 1 unspecified atom stereocenters. The standard InChI is InChI=1S/C12H15ClN4O2/c1-3-8(2)17-5-4-9(15-17)6-16-7-10(13)11(18)14-12(16)19/h4-5,7-8H,3,6H2,1-2H3,(H,14,18,19). The van der Waals surface area contributed by atoms with Gasteiger partial charge in [0.05, 0.1) is 12.2 Å². The lowest BCUT2D eigenvalue weighted by Crippen LogP contribution is -2.30. The molecule has 0 aliphatic heterocycles. The van der Waals surface area contributed by atoms with Crippen LogP contribution in [-0.4, -0.2) is 19.3 Å². The number of nitrogens with zero attached hydrogens (tertiary/aromatic N) is 3. The summed E-state index contributed by atoms with van der Waals surface area (Å²) in [5.41, 5.74) is -0.328. The number of aromatic nitrogens is 4. The molecule has 0 amide bonds. The van der Waals surface area contributed by atoms with Crippen LogP contribution in [-0.2, 0) is 6.54 Å². The molecule has 6 nitrogen and oxygen atoms in total. The topological polar surface area (TPSA) is 72.7 Å². The third kappa shape index (κ3) is 2.96. The summed E-state index contributed by atoms with van der Waals surface area (Å²) in [6.07, 6.45) is 4.18. The van der Waals surface area contributed by atoms with E-state index in [-0.39, 0.29) is 11.6 Å². The third-order valence-electron chi connectivity index (χ3n) is 3.01. The Hall–Kier alpha value is -1.82. The average molecular weight is 283 g/mol. The van der Waals surface area contributed by atoms with Crippen LogP contribution in [0.5, 0.6) is 0 Å². The molecule has 1 atom stereocenters. The summed E-state index contributed by atoms with van der Waals surface area (Å²) in [4.78, 5) is 24.9. The van der Waals surface area contributed by atoms with Crippen molar-refractivity contribution in [1.82, 2.24) is 19.3 Å². The molecule has 0 saturated heterocycles. The van der Waals surface area contributed by atoms with Gasteiger partial charge in [0.2, 0.25) is 0 Å². The van der Waals surface area contributed by atoms with Crippen molar-refractivity contribution in [2.75, 3.05) is 0 Å². The van der Waals surface area contributed by atoms with Gasteiger partial charge in [0.25, 0.3) is 5.56 Å². The van der Waals surface area contributed by atoms with Gasteiger partial charge in [0.15, 0.2) is 0 Å². The number of hydrogen-bond acceptors (Lipinski definition) is 3. The lowest BCUT2D eigenvalue weighted by Gasteiger charge is -2.08. The van der Waals surface area contributed by atoms with Crippen LogP contribution in [0.25, 0.3) is 0 Å². The first kappa shape index (κ1) is 13.6. The fourth-order valence-corrected chi connectivity index (χ4v) is 1.83. The summed E-state index contributed by atoms with van der Waals surface area (Å²) in [5.74, 6) is 0. The van der Waals surface area contributed by atoms with Crippen LogP contribution in [0.1, 0.15) is 32.0 Å². The van der Waals surface area contributed by atoms with E-state index in [2.05, 4.69) is 23.9 Å². The van der Waals surface area contributed by atoms with E-state index < -0.39 is 11.2 Å². The number of H-pyrrole nitrogens is 1. The van der Waals surface area contributed by atoms with Crippen molar-refractivity contribution in [1.29, 1.82) is 0 Å². The maximum absolute atomic E-state index is 11.6. The Morgan fingerprint density at radius 3 is 2.89 bits per heavy atom. The second-order valence-electron chi connectivity index (χ2n) is 4.41. The normalized spacial score (nSPS) is 12.6. The fourth-order valence-electron chi connectivity index (χ4n) is 1.67. The van der Waals surface area contributed by atoms with Crippen LogP contribution in [0.3, 0.4) is 0 Å². The van der Waals surface area contributed by atoms with Crippen LogP contribution in [0, 0.1) is 0 Å². The Labute approximate surface area is 114 Å². The molecule has 0 bridgehead atoms. The minimum Gasteiger partial charge on any atom is -0.293 e. The zero-order valence-electron chi connectivity index (χ0n) is 10.8. The summed E-state index contributed by atoms with van der Waals surface area (Å²) >= 11 is 5.70. The third-order valence-corrected chi connectivity index (χ3v) is 3.27. The largest absolute Gasteiger partial charge is 0.328 e. The highest BCUT2D eigenvalue weighted by molar-refractivity contribution is 6.30. The van der Waals surface area contributed by atoms with E-state index >= 15 is 0 Å². The van der Waals surface area contributed by atoms with Crippen LogP contribution in [0.15, 0.2) is 28.0 Å². The molecule has 0 aliphatic rings. The number of nitrogens with one attached hydrogen (secondary N) is 1. The predicted molar refractivity (Wildman–Crippen MR) is 72.7 cm³/mol. The monoisotopic (exact) mass is 282 g/mol. The first-order valence-electron chi connectivity index (χ1n) is 6.04. The maximum Gasteiger partial charge on any atom is 0.328 e. The molecule has 2 heterocycles. The second kappa shape index (κ2) is 5.44. The molecular formula is C12H15ClN4O2. The smallest absolute Gasteiger partial charge is 0.293 e. The van der Waals surface area contributed by atoms with Crippen molar-refractivity contribution in [2.24, 2.45) is 0 Å². The van der Waals surface area contributed by atoms with Gasteiger partial charge in [0, 0.05) is 18.4 Å². The maximum atomic E-state index is 11.6. The van der Waals surface area contributed by atoms with Crippen molar-refractivity contribution >= 4 is 11.6 Å². The molecule has 0 aromatic carbocycles. The Bertz CT molecular complexity index is 686. The molecule has 0 saturated carbocycles. The summed E-state index contributed by atoms with van der Waals surface area (Å²) < 4.78 is 3.18. The zero-order valence-corrected chi connectivity index (χ0v) is 11.5. The van der Waals surface area contributed by atoms with Gasteiger partial charge in [-0.1, -0.05) is 18.5 Å². The number of hydrogen-bond donors (Lipinski definition) is 1. The van der Waals surface area contributed by atoms with Crippen molar-refractivity contribution < 1.29 is 0 Å². The quantitative estimate of drug-likeness (QED) is 0.921. The van der Waals surface area contributed by atoms with Gasteiger partial charge in [-0.05, 0) is 19.4 Å². The summed E-state index contributed by atoms with van der Waals surface area (Å²) in [6, 6.07) is 2.15. The van der Waals surface area contributed by atoms with Gasteiger partial charge in [-0.3, -0.25) is 19.0 Å². The van der Waals surface area contributed by atoms with Crippen molar-refractivity contribution in [2.45, 2.75) is 32.9 Å². The highest BCUT2D eigenvalue weighted by Gasteiger charge is 2.07. The summed E-state index contributed by atoms with van der Waals surface area (Å²) in [7, 11) is 0. The van der Waals surface area contributed by atoms with Gasteiger partial charge in [-0.2, -0.15) is 5.10 Å². The van der Waals surface area contributed by atoms with Crippen LogP contribution in [0.4, 0.5) is 0 Å². The van der Waals surface area contributed by atoms with E-state index in [1.807, 2.05) is 16.9 Å². The Balaban J connectivity index is 2.27. The lowest BCUT2D eigenvalue weighted by atomic mass is 10.3. The zero-order chi connectivity index (χ0) is 14.0.